The van der Waals surface area contributed by atoms with Gasteiger partial charge in [0.1, 0.15) is 0 Å². The quantitative estimate of drug-likeness (QED) is 0.829. The third-order valence-corrected chi connectivity index (χ3v) is 5.45. The fraction of sp³-hybridized carbons (Fsp3) is 0.550. The highest BCUT2D eigenvalue weighted by molar-refractivity contribution is 5.80. The topological polar surface area (TPSA) is 90.0 Å². The minimum absolute atomic E-state index is 0.0388. The van der Waals surface area contributed by atoms with E-state index >= 15 is 0 Å². The highest BCUT2D eigenvalue weighted by atomic mass is 16.2. The Morgan fingerprint density at radius 3 is 2.85 bits per heavy atom. The normalized spacial score (nSPS) is 16.5. The van der Waals surface area contributed by atoms with Crippen LogP contribution in [-0.4, -0.2) is 28.0 Å². The van der Waals surface area contributed by atoms with E-state index in [1.807, 2.05) is 19.1 Å². The molecule has 0 radical (unpaired) electrons. The molecule has 1 aliphatic carbocycles. The standard InChI is InChI=1S/C20H28N4O2/c1-14-6-5-9-16-19(14)22-13-24(20(16)26)11-10-18(25)23-17(12-21)15-7-3-2-4-8-15/h5-6,9,13,15,17H,2-4,7-8,10-12,21H2,1H3,(H,23,25). The summed E-state index contributed by atoms with van der Waals surface area (Å²) in [6.45, 7) is 2.72. The number of nitrogens with zero attached hydrogens (tertiary/aromatic N) is 2. The van der Waals surface area contributed by atoms with Gasteiger partial charge >= 0.3 is 0 Å². The van der Waals surface area contributed by atoms with E-state index in [1.54, 1.807) is 6.07 Å². The molecule has 0 spiro atoms. The van der Waals surface area contributed by atoms with E-state index in [0.717, 1.165) is 23.9 Å². The first-order valence-electron chi connectivity index (χ1n) is 9.54. The molecular formula is C20H28N4O2. The summed E-state index contributed by atoms with van der Waals surface area (Å²) < 4.78 is 1.51. The Kier molecular flexibility index (Phi) is 6.04. The van der Waals surface area contributed by atoms with E-state index in [9.17, 15) is 9.59 Å². The van der Waals surface area contributed by atoms with Crippen molar-refractivity contribution in [1.82, 2.24) is 14.9 Å². The number of nitrogens with two attached hydrogens (primary N) is 1. The Hall–Kier alpha value is -2.21. The number of aryl methyl sites for hydroxylation is 2. The van der Waals surface area contributed by atoms with Gasteiger partial charge in [-0.25, -0.2) is 4.98 Å². The summed E-state index contributed by atoms with van der Waals surface area (Å²) in [6.07, 6.45) is 7.77. The second-order valence-electron chi connectivity index (χ2n) is 7.27. The maximum atomic E-state index is 12.6. The Labute approximate surface area is 153 Å². The number of para-hydroxylation sites is 1. The van der Waals surface area contributed by atoms with Gasteiger partial charge in [-0.1, -0.05) is 31.4 Å². The third-order valence-electron chi connectivity index (χ3n) is 5.45. The molecule has 1 saturated carbocycles. The molecule has 140 valence electrons. The number of hydrogen-bond acceptors (Lipinski definition) is 4. The van der Waals surface area contributed by atoms with Crippen molar-refractivity contribution in [2.75, 3.05) is 6.54 Å². The first-order chi connectivity index (χ1) is 12.6. The summed E-state index contributed by atoms with van der Waals surface area (Å²) in [5.41, 5.74) is 7.47. The van der Waals surface area contributed by atoms with Crippen LogP contribution in [0, 0.1) is 12.8 Å². The maximum Gasteiger partial charge on any atom is 0.261 e. The van der Waals surface area contributed by atoms with Crippen LogP contribution >= 0.6 is 0 Å². The average molecular weight is 356 g/mol. The molecule has 1 amide bonds. The van der Waals surface area contributed by atoms with E-state index in [2.05, 4.69) is 10.3 Å². The predicted molar refractivity (Wildman–Crippen MR) is 103 cm³/mol. The van der Waals surface area contributed by atoms with Gasteiger partial charge in [0.25, 0.3) is 5.56 Å². The largest absolute Gasteiger partial charge is 0.352 e. The molecule has 6 nitrogen and oxygen atoms in total. The molecule has 1 fully saturated rings. The van der Waals surface area contributed by atoms with Crippen LogP contribution in [0.5, 0.6) is 0 Å². The second kappa shape index (κ2) is 8.45. The van der Waals surface area contributed by atoms with Crippen molar-refractivity contribution in [2.45, 2.75) is 58.0 Å². The van der Waals surface area contributed by atoms with Gasteiger partial charge in [0.05, 0.1) is 17.2 Å². The van der Waals surface area contributed by atoms with Gasteiger partial charge in [-0.15, -0.1) is 0 Å². The zero-order chi connectivity index (χ0) is 18.5. The Morgan fingerprint density at radius 2 is 2.12 bits per heavy atom. The van der Waals surface area contributed by atoms with Crippen molar-refractivity contribution in [3.63, 3.8) is 0 Å². The van der Waals surface area contributed by atoms with Crippen LogP contribution in [-0.2, 0) is 11.3 Å². The van der Waals surface area contributed by atoms with E-state index in [0.29, 0.717) is 24.4 Å². The van der Waals surface area contributed by atoms with Gasteiger partial charge in [-0.2, -0.15) is 0 Å². The molecule has 2 aromatic rings. The van der Waals surface area contributed by atoms with Crippen LogP contribution in [0.4, 0.5) is 0 Å². The summed E-state index contributed by atoms with van der Waals surface area (Å²) >= 11 is 0. The van der Waals surface area contributed by atoms with Crippen molar-refractivity contribution in [2.24, 2.45) is 11.7 Å². The van der Waals surface area contributed by atoms with E-state index in [4.69, 9.17) is 5.73 Å². The Morgan fingerprint density at radius 1 is 1.35 bits per heavy atom. The number of nitrogens with one attached hydrogen (secondary N) is 1. The molecular weight excluding hydrogens is 328 g/mol. The first kappa shape index (κ1) is 18.6. The van der Waals surface area contributed by atoms with Crippen LogP contribution in [0.25, 0.3) is 10.9 Å². The van der Waals surface area contributed by atoms with Crippen LogP contribution in [0.2, 0.25) is 0 Å². The van der Waals surface area contributed by atoms with Crippen molar-refractivity contribution in [1.29, 1.82) is 0 Å². The van der Waals surface area contributed by atoms with Gasteiger partial charge < -0.3 is 11.1 Å². The number of fused-ring (bicyclic) bond motifs is 1. The summed E-state index contributed by atoms with van der Waals surface area (Å²) in [4.78, 5) is 29.3. The molecule has 0 bridgehead atoms. The third kappa shape index (κ3) is 4.12. The van der Waals surface area contributed by atoms with Crippen LogP contribution in [0.3, 0.4) is 0 Å². The van der Waals surface area contributed by atoms with E-state index < -0.39 is 0 Å². The van der Waals surface area contributed by atoms with Gasteiger partial charge in [0, 0.05) is 25.6 Å². The number of rotatable bonds is 6. The summed E-state index contributed by atoms with van der Waals surface area (Å²) in [6, 6.07) is 5.61. The van der Waals surface area contributed by atoms with E-state index in [1.165, 1.54) is 30.2 Å². The van der Waals surface area contributed by atoms with Crippen LogP contribution in [0.1, 0.15) is 44.1 Å². The summed E-state index contributed by atoms with van der Waals surface area (Å²) in [5, 5.41) is 3.67. The lowest BCUT2D eigenvalue weighted by atomic mass is 9.84. The monoisotopic (exact) mass is 356 g/mol. The van der Waals surface area contributed by atoms with Crippen molar-refractivity contribution < 1.29 is 4.79 Å². The van der Waals surface area contributed by atoms with E-state index in [-0.39, 0.29) is 23.9 Å². The lowest BCUT2D eigenvalue weighted by Gasteiger charge is -2.30. The van der Waals surface area contributed by atoms with Crippen molar-refractivity contribution in [3.05, 3.63) is 40.4 Å². The fourth-order valence-electron chi connectivity index (χ4n) is 3.90. The van der Waals surface area contributed by atoms with Crippen molar-refractivity contribution >= 4 is 16.8 Å². The minimum atomic E-state index is -0.103. The number of benzene rings is 1. The van der Waals surface area contributed by atoms with Crippen LogP contribution in [0.15, 0.2) is 29.3 Å². The number of amides is 1. The summed E-state index contributed by atoms with van der Waals surface area (Å²) in [5.74, 6) is 0.424. The van der Waals surface area contributed by atoms with Crippen molar-refractivity contribution in [3.8, 4) is 0 Å². The molecule has 1 aliphatic rings. The molecule has 1 atom stereocenters. The predicted octanol–water partition coefficient (Wildman–Crippen LogP) is 2.12. The number of aromatic nitrogens is 2. The molecule has 3 rings (SSSR count). The Bertz CT molecular complexity index is 824. The van der Waals surface area contributed by atoms with Gasteiger partial charge in [-0.05, 0) is 37.3 Å². The molecule has 0 saturated heterocycles. The number of hydrogen-bond donors (Lipinski definition) is 2. The highest BCUT2D eigenvalue weighted by Crippen LogP contribution is 2.26. The molecule has 1 aromatic carbocycles. The fourth-order valence-corrected chi connectivity index (χ4v) is 3.90. The molecule has 1 heterocycles. The lowest BCUT2D eigenvalue weighted by Crippen LogP contribution is -2.46. The minimum Gasteiger partial charge on any atom is -0.352 e. The smallest absolute Gasteiger partial charge is 0.261 e. The second-order valence-corrected chi connectivity index (χ2v) is 7.27. The summed E-state index contributed by atoms with van der Waals surface area (Å²) in [7, 11) is 0. The highest BCUT2D eigenvalue weighted by Gasteiger charge is 2.23. The van der Waals surface area contributed by atoms with Crippen LogP contribution < -0.4 is 16.6 Å². The molecule has 26 heavy (non-hydrogen) atoms. The molecule has 6 heteroatoms. The zero-order valence-corrected chi connectivity index (χ0v) is 15.4. The van der Waals surface area contributed by atoms with Gasteiger partial charge in [0.15, 0.2) is 0 Å². The van der Waals surface area contributed by atoms with Gasteiger partial charge in [-0.3, -0.25) is 14.2 Å². The molecule has 0 aliphatic heterocycles. The van der Waals surface area contributed by atoms with Gasteiger partial charge in [0.2, 0.25) is 5.91 Å². The maximum absolute atomic E-state index is 12.6. The Balaban J connectivity index is 1.63. The average Bonchev–Trinajstić information content (AvgIpc) is 2.67. The lowest BCUT2D eigenvalue weighted by molar-refractivity contribution is -0.122. The zero-order valence-electron chi connectivity index (χ0n) is 15.4. The number of carbonyl (C=O) groups excluding carboxylic acids is 1. The number of carbonyl (C=O) groups is 1. The SMILES string of the molecule is Cc1cccc2c(=O)n(CCC(=O)NC(CN)C3CCCCC3)cnc12. The molecule has 3 N–H and O–H groups in total. The molecule has 1 aromatic heterocycles. The first-order valence-corrected chi connectivity index (χ1v) is 9.54. The molecule has 1 unspecified atom stereocenters.